The summed E-state index contributed by atoms with van der Waals surface area (Å²) in [6.45, 7) is 0.463. The van der Waals surface area contributed by atoms with Gasteiger partial charge in [0.15, 0.2) is 0 Å². The van der Waals surface area contributed by atoms with Crippen molar-refractivity contribution in [2.75, 3.05) is 12.4 Å². The van der Waals surface area contributed by atoms with Crippen LogP contribution in [0.25, 0.3) is 0 Å². The van der Waals surface area contributed by atoms with Crippen molar-refractivity contribution in [1.82, 2.24) is 0 Å². The van der Waals surface area contributed by atoms with Crippen LogP contribution in [0, 0.1) is 12.3 Å². The van der Waals surface area contributed by atoms with Gasteiger partial charge in [0.25, 0.3) is 0 Å². The molecule has 0 fully saturated rings. The molecular formula is C15H13NO3. The largest absolute Gasteiger partial charge is 0.467 e. The molecule has 0 saturated carbocycles. The van der Waals surface area contributed by atoms with Crippen LogP contribution in [0.4, 0.5) is 5.69 Å². The minimum atomic E-state index is -0.413. The molecule has 1 N–H and O–H groups in total. The lowest BCUT2D eigenvalue weighted by Gasteiger charge is -2.04. The average Bonchev–Trinajstić information content (AvgIpc) is 2.93. The standard InChI is InChI=1S/C15H13NO3/c1-3-11-5-4-6-13(7-11)16-9-14-8-12(10-19-14)15(17)18-2/h1,4-8,10,16H,9H2,2H3. The molecule has 0 saturated heterocycles. The molecule has 19 heavy (non-hydrogen) atoms. The molecule has 0 spiro atoms. The Morgan fingerprint density at radius 3 is 3.05 bits per heavy atom. The van der Waals surface area contributed by atoms with Gasteiger partial charge in [-0.05, 0) is 24.3 Å². The molecule has 0 atom stereocenters. The number of anilines is 1. The van der Waals surface area contributed by atoms with Crippen molar-refractivity contribution in [2.45, 2.75) is 6.54 Å². The van der Waals surface area contributed by atoms with Crippen LogP contribution in [0.3, 0.4) is 0 Å². The van der Waals surface area contributed by atoms with Crippen molar-refractivity contribution < 1.29 is 13.9 Å². The topological polar surface area (TPSA) is 51.5 Å². The number of furan rings is 1. The molecule has 0 unspecified atom stereocenters. The second kappa shape index (κ2) is 5.78. The van der Waals surface area contributed by atoms with Crippen molar-refractivity contribution in [3.63, 3.8) is 0 Å². The molecule has 0 bridgehead atoms. The van der Waals surface area contributed by atoms with E-state index in [9.17, 15) is 4.79 Å². The van der Waals surface area contributed by atoms with Crippen molar-refractivity contribution >= 4 is 11.7 Å². The van der Waals surface area contributed by atoms with Crippen molar-refractivity contribution in [2.24, 2.45) is 0 Å². The summed E-state index contributed by atoms with van der Waals surface area (Å²) < 4.78 is 9.86. The fourth-order valence-corrected chi connectivity index (χ4v) is 1.61. The molecule has 0 aliphatic rings. The van der Waals surface area contributed by atoms with E-state index in [1.165, 1.54) is 13.4 Å². The van der Waals surface area contributed by atoms with E-state index in [1.54, 1.807) is 6.07 Å². The predicted octanol–water partition coefficient (Wildman–Crippen LogP) is 2.66. The number of hydrogen-bond donors (Lipinski definition) is 1. The first-order valence-electron chi connectivity index (χ1n) is 5.69. The highest BCUT2D eigenvalue weighted by Crippen LogP contribution is 2.14. The fraction of sp³-hybridized carbons (Fsp3) is 0.133. The van der Waals surface area contributed by atoms with Crippen LogP contribution >= 0.6 is 0 Å². The summed E-state index contributed by atoms with van der Waals surface area (Å²) in [5, 5.41) is 3.16. The fourth-order valence-electron chi connectivity index (χ4n) is 1.61. The Bertz CT molecular complexity index is 622. The summed E-state index contributed by atoms with van der Waals surface area (Å²) in [6.07, 6.45) is 6.71. The van der Waals surface area contributed by atoms with Gasteiger partial charge >= 0.3 is 5.97 Å². The lowest BCUT2D eigenvalue weighted by Crippen LogP contribution is -2.00. The summed E-state index contributed by atoms with van der Waals surface area (Å²) in [4.78, 5) is 11.3. The van der Waals surface area contributed by atoms with Crippen LogP contribution in [0.5, 0.6) is 0 Å². The average molecular weight is 255 g/mol. The molecule has 0 aliphatic carbocycles. The van der Waals surface area contributed by atoms with Gasteiger partial charge in [-0.2, -0.15) is 0 Å². The summed E-state index contributed by atoms with van der Waals surface area (Å²) >= 11 is 0. The Balaban J connectivity index is 2.00. The van der Waals surface area contributed by atoms with E-state index in [2.05, 4.69) is 16.0 Å². The van der Waals surface area contributed by atoms with Gasteiger partial charge in [0.05, 0.1) is 19.2 Å². The van der Waals surface area contributed by atoms with E-state index in [0.717, 1.165) is 11.3 Å². The molecule has 1 aromatic carbocycles. The Labute approximate surface area is 111 Å². The third-order valence-corrected chi connectivity index (χ3v) is 2.57. The highest BCUT2D eigenvalue weighted by atomic mass is 16.5. The number of esters is 1. The molecule has 0 amide bonds. The minimum absolute atomic E-state index is 0.400. The van der Waals surface area contributed by atoms with Crippen molar-refractivity contribution in [3.05, 3.63) is 53.5 Å². The maximum atomic E-state index is 11.3. The first-order chi connectivity index (χ1) is 9.22. The number of rotatable bonds is 4. The van der Waals surface area contributed by atoms with E-state index < -0.39 is 5.97 Å². The Morgan fingerprint density at radius 2 is 2.32 bits per heavy atom. The zero-order chi connectivity index (χ0) is 13.7. The van der Waals surface area contributed by atoms with Gasteiger partial charge in [0.1, 0.15) is 12.0 Å². The van der Waals surface area contributed by atoms with E-state index >= 15 is 0 Å². The minimum Gasteiger partial charge on any atom is -0.467 e. The van der Waals surface area contributed by atoms with E-state index in [1.807, 2.05) is 24.3 Å². The molecule has 1 aromatic heterocycles. The summed E-state index contributed by atoms with van der Waals surface area (Å²) in [6, 6.07) is 9.14. The Kier molecular flexibility index (Phi) is 3.89. The summed E-state index contributed by atoms with van der Waals surface area (Å²) in [5.74, 6) is 2.80. The number of nitrogens with one attached hydrogen (secondary N) is 1. The van der Waals surface area contributed by atoms with Gasteiger partial charge in [0, 0.05) is 11.3 Å². The van der Waals surface area contributed by atoms with E-state index in [4.69, 9.17) is 10.8 Å². The highest BCUT2D eigenvalue weighted by Gasteiger charge is 2.09. The maximum absolute atomic E-state index is 11.3. The molecule has 4 nitrogen and oxygen atoms in total. The first-order valence-corrected chi connectivity index (χ1v) is 5.69. The third kappa shape index (κ3) is 3.17. The molecule has 96 valence electrons. The molecule has 1 heterocycles. The van der Waals surface area contributed by atoms with E-state index in [0.29, 0.717) is 17.9 Å². The number of carbonyl (C=O) groups excluding carboxylic acids is 1. The smallest absolute Gasteiger partial charge is 0.341 e. The number of terminal acetylenes is 1. The quantitative estimate of drug-likeness (QED) is 0.674. The lowest BCUT2D eigenvalue weighted by atomic mass is 10.2. The summed E-state index contributed by atoms with van der Waals surface area (Å²) in [7, 11) is 1.33. The highest BCUT2D eigenvalue weighted by molar-refractivity contribution is 5.88. The lowest BCUT2D eigenvalue weighted by molar-refractivity contribution is 0.0600. The van der Waals surface area contributed by atoms with Crippen LogP contribution in [0.15, 0.2) is 41.0 Å². The van der Waals surface area contributed by atoms with Crippen molar-refractivity contribution in [3.8, 4) is 12.3 Å². The van der Waals surface area contributed by atoms with Crippen molar-refractivity contribution in [1.29, 1.82) is 0 Å². The molecule has 2 rings (SSSR count). The number of hydrogen-bond acceptors (Lipinski definition) is 4. The normalized spacial score (nSPS) is 9.68. The third-order valence-electron chi connectivity index (χ3n) is 2.57. The van der Waals surface area contributed by atoms with Gasteiger partial charge in [-0.15, -0.1) is 6.42 Å². The predicted molar refractivity (Wildman–Crippen MR) is 71.8 cm³/mol. The Morgan fingerprint density at radius 1 is 1.47 bits per heavy atom. The molecular weight excluding hydrogens is 242 g/mol. The molecule has 4 heteroatoms. The van der Waals surface area contributed by atoms with Gasteiger partial charge < -0.3 is 14.5 Å². The van der Waals surface area contributed by atoms with Crippen LogP contribution < -0.4 is 5.32 Å². The van der Waals surface area contributed by atoms with Crippen LogP contribution in [-0.2, 0) is 11.3 Å². The second-order valence-corrected chi connectivity index (χ2v) is 3.87. The molecule has 2 aromatic rings. The number of ether oxygens (including phenoxy) is 1. The van der Waals surface area contributed by atoms with Gasteiger partial charge in [-0.25, -0.2) is 4.79 Å². The van der Waals surface area contributed by atoms with E-state index in [-0.39, 0.29) is 0 Å². The Hall–Kier alpha value is -2.67. The first kappa shape index (κ1) is 12.8. The SMILES string of the molecule is C#Cc1cccc(NCc2cc(C(=O)OC)co2)c1. The zero-order valence-electron chi connectivity index (χ0n) is 10.5. The van der Waals surface area contributed by atoms with Crippen LogP contribution in [0.1, 0.15) is 21.7 Å². The van der Waals surface area contributed by atoms with Gasteiger partial charge in [-0.1, -0.05) is 12.0 Å². The van der Waals surface area contributed by atoms with Crippen LogP contribution in [0.2, 0.25) is 0 Å². The maximum Gasteiger partial charge on any atom is 0.341 e. The number of methoxy groups -OCH3 is 1. The number of carbonyl (C=O) groups is 1. The molecule has 0 radical (unpaired) electrons. The summed E-state index contributed by atoms with van der Waals surface area (Å²) in [5.41, 5.74) is 2.10. The molecule has 0 aliphatic heterocycles. The monoisotopic (exact) mass is 255 g/mol. The number of benzene rings is 1. The zero-order valence-corrected chi connectivity index (χ0v) is 10.5. The van der Waals surface area contributed by atoms with Gasteiger partial charge in [-0.3, -0.25) is 0 Å². The second-order valence-electron chi connectivity index (χ2n) is 3.87. The van der Waals surface area contributed by atoms with Crippen LogP contribution in [-0.4, -0.2) is 13.1 Å². The van der Waals surface area contributed by atoms with Gasteiger partial charge in [0.2, 0.25) is 0 Å².